The van der Waals surface area contributed by atoms with Crippen molar-refractivity contribution in [2.75, 3.05) is 6.54 Å². The molecule has 3 rings (SSSR count). The van der Waals surface area contributed by atoms with Crippen LogP contribution < -0.4 is 5.32 Å². The Hall–Kier alpha value is -0.600. The van der Waals surface area contributed by atoms with Crippen LogP contribution in [0.3, 0.4) is 0 Å². The first-order valence-electron chi connectivity index (χ1n) is 7.88. The fourth-order valence-corrected chi connectivity index (χ4v) is 4.37. The summed E-state index contributed by atoms with van der Waals surface area (Å²) in [5.41, 5.74) is 1.14. The lowest BCUT2D eigenvalue weighted by Gasteiger charge is -2.19. The van der Waals surface area contributed by atoms with Crippen LogP contribution in [0, 0.1) is 23.6 Å². The molecular weight excluding hydrogens is 273 g/mol. The van der Waals surface area contributed by atoms with Gasteiger partial charge in [-0.15, -0.1) is 0 Å². The van der Waals surface area contributed by atoms with Crippen molar-refractivity contribution in [3.05, 3.63) is 34.6 Å². The molecule has 3 atom stereocenters. The van der Waals surface area contributed by atoms with Gasteiger partial charge in [0.15, 0.2) is 0 Å². The number of nitrogens with one attached hydrogen (secondary N) is 1. The van der Waals surface area contributed by atoms with Crippen LogP contribution in [0.1, 0.15) is 38.2 Å². The first-order valence-corrected chi connectivity index (χ1v) is 8.25. The highest BCUT2D eigenvalue weighted by Crippen LogP contribution is 2.57. The summed E-state index contributed by atoms with van der Waals surface area (Å²) in [5.74, 6) is 2.37. The van der Waals surface area contributed by atoms with E-state index in [9.17, 15) is 4.39 Å². The Labute approximate surface area is 125 Å². The predicted molar refractivity (Wildman–Crippen MR) is 81.5 cm³/mol. The molecule has 0 spiro atoms. The second-order valence-corrected chi connectivity index (χ2v) is 6.71. The predicted octanol–water partition coefficient (Wildman–Crippen LogP) is 4.44. The van der Waals surface area contributed by atoms with Gasteiger partial charge in [0.05, 0.1) is 5.02 Å². The van der Waals surface area contributed by atoms with E-state index in [1.165, 1.54) is 31.7 Å². The molecule has 2 aliphatic carbocycles. The molecule has 3 heteroatoms. The van der Waals surface area contributed by atoms with E-state index >= 15 is 0 Å². The molecule has 0 saturated heterocycles. The van der Waals surface area contributed by atoms with Gasteiger partial charge >= 0.3 is 0 Å². The topological polar surface area (TPSA) is 12.0 Å². The molecule has 1 aromatic rings. The van der Waals surface area contributed by atoms with Gasteiger partial charge in [0, 0.05) is 6.04 Å². The molecule has 0 heterocycles. The van der Waals surface area contributed by atoms with Crippen LogP contribution in [-0.4, -0.2) is 12.6 Å². The van der Waals surface area contributed by atoms with E-state index in [1.807, 2.05) is 6.07 Å². The third-order valence-electron chi connectivity index (χ3n) is 5.09. The Morgan fingerprint density at radius 2 is 2.00 bits per heavy atom. The van der Waals surface area contributed by atoms with Gasteiger partial charge < -0.3 is 5.32 Å². The fraction of sp³-hybridized carbons (Fsp3) is 0.647. The lowest BCUT2D eigenvalue weighted by atomic mass is 9.99. The summed E-state index contributed by atoms with van der Waals surface area (Å²) in [6, 6.07) is 5.67. The van der Waals surface area contributed by atoms with Crippen LogP contribution in [0.5, 0.6) is 0 Å². The second kappa shape index (κ2) is 6.03. The molecule has 0 bridgehead atoms. The first kappa shape index (κ1) is 14.3. The van der Waals surface area contributed by atoms with Crippen molar-refractivity contribution >= 4 is 11.6 Å². The van der Waals surface area contributed by atoms with Crippen LogP contribution in [0.25, 0.3) is 0 Å². The van der Waals surface area contributed by atoms with Gasteiger partial charge in [-0.05, 0) is 61.3 Å². The molecule has 1 N–H and O–H groups in total. The summed E-state index contributed by atoms with van der Waals surface area (Å²) in [7, 11) is 0. The SMILES string of the molecule is CCNC(Cc1ccc(F)c(Cl)c1)C1C2CCCCC21. The van der Waals surface area contributed by atoms with Gasteiger partial charge in [-0.1, -0.05) is 37.4 Å². The molecule has 20 heavy (non-hydrogen) atoms. The molecule has 1 nitrogen and oxygen atoms in total. The number of rotatable bonds is 5. The van der Waals surface area contributed by atoms with Crippen molar-refractivity contribution in [2.45, 2.75) is 45.1 Å². The highest BCUT2D eigenvalue weighted by Gasteiger charge is 2.53. The Kier molecular flexibility index (Phi) is 4.32. The van der Waals surface area contributed by atoms with E-state index in [0.29, 0.717) is 6.04 Å². The molecule has 3 unspecified atom stereocenters. The molecule has 2 fully saturated rings. The van der Waals surface area contributed by atoms with Crippen LogP contribution in [0.2, 0.25) is 5.02 Å². The number of hydrogen-bond acceptors (Lipinski definition) is 1. The van der Waals surface area contributed by atoms with Gasteiger partial charge in [-0.2, -0.15) is 0 Å². The Bertz CT molecular complexity index is 464. The fourth-order valence-electron chi connectivity index (χ4n) is 4.17. The lowest BCUT2D eigenvalue weighted by molar-refractivity contribution is 0.437. The maximum Gasteiger partial charge on any atom is 0.141 e. The second-order valence-electron chi connectivity index (χ2n) is 6.31. The monoisotopic (exact) mass is 295 g/mol. The first-order chi connectivity index (χ1) is 9.70. The highest BCUT2D eigenvalue weighted by molar-refractivity contribution is 6.30. The lowest BCUT2D eigenvalue weighted by Crippen LogP contribution is -2.34. The van der Waals surface area contributed by atoms with Crippen LogP contribution >= 0.6 is 11.6 Å². The molecule has 110 valence electrons. The summed E-state index contributed by atoms with van der Waals surface area (Å²) >= 11 is 5.90. The Morgan fingerprint density at radius 1 is 1.30 bits per heavy atom. The molecule has 0 radical (unpaired) electrons. The summed E-state index contributed by atoms with van der Waals surface area (Å²) < 4.78 is 13.2. The Morgan fingerprint density at radius 3 is 2.60 bits per heavy atom. The van der Waals surface area contributed by atoms with Crippen molar-refractivity contribution in [3.63, 3.8) is 0 Å². The standard InChI is InChI=1S/C17H23ClFN/c1-2-20-16(17-12-5-3-4-6-13(12)17)10-11-7-8-15(19)14(18)9-11/h7-9,12-13,16-17,20H,2-6,10H2,1H3. The van der Waals surface area contributed by atoms with Crippen molar-refractivity contribution in [2.24, 2.45) is 17.8 Å². The summed E-state index contributed by atoms with van der Waals surface area (Å²) in [6.07, 6.45) is 6.58. The van der Waals surface area contributed by atoms with E-state index < -0.39 is 0 Å². The van der Waals surface area contributed by atoms with Crippen molar-refractivity contribution in [1.29, 1.82) is 0 Å². The Balaban J connectivity index is 1.69. The zero-order valence-electron chi connectivity index (χ0n) is 12.0. The summed E-state index contributed by atoms with van der Waals surface area (Å²) in [5, 5.41) is 3.89. The maximum absolute atomic E-state index is 13.2. The molecule has 1 aromatic carbocycles. The van der Waals surface area contributed by atoms with Gasteiger partial charge in [0.25, 0.3) is 0 Å². The number of hydrogen-bond donors (Lipinski definition) is 1. The number of fused-ring (bicyclic) bond motifs is 1. The van der Waals surface area contributed by atoms with Gasteiger partial charge in [-0.3, -0.25) is 0 Å². The number of likely N-dealkylation sites (N-methyl/N-ethyl adjacent to an activating group) is 1. The molecule has 0 aliphatic heterocycles. The van der Waals surface area contributed by atoms with Crippen molar-refractivity contribution < 1.29 is 4.39 Å². The molecular formula is C17H23ClFN. The molecule has 2 aliphatic rings. The maximum atomic E-state index is 13.2. The van der Waals surface area contributed by atoms with Gasteiger partial charge in [-0.25, -0.2) is 4.39 Å². The summed E-state index contributed by atoms with van der Waals surface area (Å²) in [6.45, 7) is 3.16. The van der Waals surface area contributed by atoms with Gasteiger partial charge in [0.1, 0.15) is 5.82 Å². The minimum Gasteiger partial charge on any atom is -0.314 e. The molecule has 0 aromatic heterocycles. The minimum absolute atomic E-state index is 0.242. The van der Waals surface area contributed by atoms with Crippen LogP contribution in [0.4, 0.5) is 4.39 Å². The molecule has 0 amide bonds. The average Bonchev–Trinajstić information content (AvgIpc) is 3.17. The zero-order chi connectivity index (χ0) is 14.1. The van der Waals surface area contributed by atoms with Crippen molar-refractivity contribution in [1.82, 2.24) is 5.32 Å². The average molecular weight is 296 g/mol. The quantitative estimate of drug-likeness (QED) is 0.847. The largest absolute Gasteiger partial charge is 0.314 e. The van der Waals surface area contributed by atoms with Gasteiger partial charge in [0.2, 0.25) is 0 Å². The van der Waals surface area contributed by atoms with Crippen LogP contribution in [-0.2, 0) is 6.42 Å². The highest BCUT2D eigenvalue weighted by atomic mass is 35.5. The van der Waals surface area contributed by atoms with Crippen LogP contribution in [0.15, 0.2) is 18.2 Å². The number of halogens is 2. The van der Waals surface area contributed by atoms with Crippen molar-refractivity contribution in [3.8, 4) is 0 Å². The third kappa shape index (κ3) is 2.87. The van der Waals surface area contributed by atoms with E-state index in [-0.39, 0.29) is 10.8 Å². The van der Waals surface area contributed by atoms with E-state index in [0.717, 1.165) is 36.3 Å². The smallest absolute Gasteiger partial charge is 0.141 e. The van der Waals surface area contributed by atoms with E-state index in [1.54, 1.807) is 6.07 Å². The van der Waals surface area contributed by atoms with E-state index in [4.69, 9.17) is 11.6 Å². The normalized spacial score (nSPS) is 29.9. The summed E-state index contributed by atoms with van der Waals surface area (Å²) in [4.78, 5) is 0. The van der Waals surface area contributed by atoms with E-state index in [2.05, 4.69) is 12.2 Å². The zero-order valence-corrected chi connectivity index (χ0v) is 12.8. The number of benzene rings is 1. The minimum atomic E-state index is -0.324. The molecule has 2 saturated carbocycles. The third-order valence-corrected chi connectivity index (χ3v) is 5.38.